The predicted octanol–water partition coefficient (Wildman–Crippen LogP) is 3.92. The summed E-state index contributed by atoms with van der Waals surface area (Å²) in [5.74, 6) is 0.710. The van der Waals surface area contributed by atoms with Crippen LogP contribution in [0.4, 0.5) is 14.5 Å². The molecule has 0 fully saturated rings. The van der Waals surface area contributed by atoms with Gasteiger partial charge in [0.25, 0.3) is 0 Å². The minimum absolute atomic E-state index is 0.0129. The maximum Gasteiger partial charge on any atom is 0.333 e. The second-order valence-corrected chi connectivity index (χ2v) is 4.92. The van der Waals surface area contributed by atoms with Crippen LogP contribution < -0.4 is 10.2 Å². The van der Waals surface area contributed by atoms with Gasteiger partial charge in [-0.25, -0.2) is 4.68 Å². The third-order valence-corrected chi connectivity index (χ3v) is 3.41. The Morgan fingerprint density at radius 1 is 1.36 bits per heavy atom. The molecule has 0 atom stereocenters. The lowest BCUT2D eigenvalue weighted by atomic mass is 10.1. The summed E-state index contributed by atoms with van der Waals surface area (Å²) in [6.07, 6.45) is 1.14. The van der Waals surface area contributed by atoms with Gasteiger partial charge in [0.1, 0.15) is 11.4 Å². The molecule has 2 rings (SSSR count). The fourth-order valence-corrected chi connectivity index (χ4v) is 2.08. The minimum Gasteiger partial charge on any atom is -0.496 e. The van der Waals surface area contributed by atoms with Gasteiger partial charge in [-0.05, 0) is 31.5 Å². The number of aryl methyl sites for hydroxylation is 1. The average molecular weight is 329 g/mol. The van der Waals surface area contributed by atoms with Crippen LogP contribution in [-0.4, -0.2) is 22.1 Å². The van der Waals surface area contributed by atoms with E-state index in [0.29, 0.717) is 10.4 Å². The van der Waals surface area contributed by atoms with Crippen LogP contribution in [0.25, 0.3) is 0 Å². The summed E-state index contributed by atoms with van der Waals surface area (Å²) in [6.45, 7) is 1.07. The molecule has 0 saturated carbocycles. The lowest BCUT2D eigenvalue weighted by molar-refractivity contribution is 0.0565. The number of anilines is 1. The van der Waals surface area contributed by atoms with Crippen molar-refractivity contribution in [3.8, 4) is 5.75 Å². The quantitative estimate of drug-likeness (QED) is 0.668. The van der Waals surface area contributed by atoms with Crippen molar-refractivity contribution in [2.45, 2.75) is 20.4 Å². The van der Waals surface area contributed by atoms with E-state index in [0.717, 1.165) is 23.0 Å². The first-order chi connectivity index (χ1) is 10.4. The Morgan fingerprint density at radius 2 is 2.09 bits per heavy atom. The highest BCUT2D eigenvalue weighted by Gasteiger charge is 2.11. The van der Waals surface area contributed by atoms with Crippen LogP contribution >= 0.6 is 11.6 Å². The molecule has 22 heavy (non-hydrogen) atoms. The molecule has 8 heteroatoms. The molecule has 118 valence electrons. The monoisotopic (exact) mass is 328 g/mol. The summed E-state index contributed by atoms with van der Waals surface area (Å²) >= 11 is 5.99. The number of rotatable bonds is 5. The first kappa shape index (κ1) is 16.2. The molecule has 0 spiro atoms. The Hall–Kier alpha value is -2.15. The van der Waals surface area contributed by atoms with E-state index in [9.17, 15) is 8.78 Å². The van der Waals surface area contributed by atoms with Crippen molar-refractivity contribution in [1.82, 2.24) is 9.78 Å². The van der Waals surface area contributed by atoms with E-state index in [2.05, 4.69) is 15.6 Å². The molecule has 0 aliphatic heterocycles. The highest BCUT2D eigenvalue weighted by Crippen LogP contribution is 2.28. The summed E-state index contributed by atoms with van der Waals surface area (Å²) in [6, 6.07) is 5.10. The van der Waals surface area contributed by atoms with E-state index in [1.165, 1.54) is 6.07 Å². The van der Waals surface area contributed by atoms with E-state index >= 15 is 0 Å². The highest BCUT2D eigenvalue weighted by atomic mass is 35.5. The second-order valence-electron chi connectivity index (χ2n) is 4.56. The molecule has 1 aromatic heterocycles. The molecular weight excluding hydrogens is 314 g/mol. The Balaban J connectivity index is 2.23. The van der Waals surface area contributed by atoms with E-state index in [1.54, 1.807) is 7.11 Å². The van der Waals surface area contributed by atoms with Crippen LogP contribution in [0.5, 0.6) is 5.75 Å². The van der Waals surface area contributed by atoms with Gasteiger partial charge in [-0.15, -0.1) is 0 Å². The standard InChI is InChI=1S/C14H15ClF2N4O/c1-8-4-5-11(22-3)9(2)12(8)18-19-13(15)10-6-7-21(20-10)14(16)17/h4-7,14,18H,1-3H3/b19-13-. The van der Waals surface area contributed by atoms with Gasteiger partial charge in [-0.1, -0.05) is 17.7 Å². The summed E-state index contributed by atoms with van der Waals surface area (Å²) in [4.78, 5) is 0. The molecule has 0 amide bonds. The first-order valence-electron chi connectivity index (χ1n) is 6.41. The number of nitrogens with zero attached hydrogens (tertiary/aromatic N) is 3. The SMILES string of the molecule is COc1ccc(C)c(N/N=C(\Cl)c2ccn(C(F)F)n2)c1C. The zero-order chi connectivity index (χ0) is 16.3. The molecule has 1 aromatic carbocycles. The van der Waals surface area contributed by atoms with Crippen LogP contribution in [0.15, 0.2) is 29.5 Å². The summed E-state index contributed by atoms with van der Waals surface area (Å²) < 4.78 is 30.7. The van der Waals surface area contributed by atoms with Gasteiger partial charge in [-0.3, -0.25) is 5.43 Å². The Labute approximate surface area is 131 Å². The topological polar surface area (TPSA) is 51.4 Å². The van der Waals surface area contributed by atoms with Crippen molar-refractivity contribution in [1.29, 1.82) is 0 Å². The zero-order valence-electron chi connectivity index (χ0n) is 12.3. The summed E-state index contributed by atoms with van der Waals surface area (Å²) in [5, 5.41) is 7.62. The second kappa shape index (κ2) is 6.74. The van der Waals surface area contributed by atoms with E-state index < -0.39 is 6.55 Å². The number of benzene rings is 1. The molecule has 0 aliphatic rings. The Morgan fingerprint density at radius 3 is 2.68 bits per heavy atom. The van der Waals surface area contributed by atoms with Gasteiger partial charge in [0, 0.05) is 11.8 Å². The Kier molecular flexibility index (Phi) is 4.97. The minimum atomic E-state index is -2.71. The molecule has 1 N–H and O–H groups in total. The van der Waals surface area contributed by atoms with E-state index in [1.807, 2.05) is 26.0 Å². The third-order valence-electron chi connectivity index (χ3n) is 3.13. The lowest BCUT2D eigenvalue weighted by Crippen LogP contribution is -2.04. The number of alkyl halides is 2. The van der Waals surface area contributed by atoms with Crippen molar-refractivity contribution in [2.75, 3.05) is 12.5 Å². The fraction of sp³-hybridized carbons (Fsp3) is 0.286. The van der Waals surface area contributed by atoms with E-state index in [4.69, 9.17) is 16.3 Å². The highest BCUT2D eigenvalue weighted by molar-refractivity contribution is 6.69. The van der Waals surface area contributed by atoms with Crippen molar-refractivity contribution in [3.63, 3.8) is 0 Å². The Bertz CT molecular complexity index is 700. The fourth-order valence-electron chi connectivity index (χ4n) is 1.94. The number of hydrogen-bond donors (Lipinski definition) is 1. The van der Waals surface area contributed by atoms with Crippen LogP contribution in [0.1, 0.15) is 23.4 Å². The molecule has 0 saturated heterocycles. The zero-order valence-corrected chi connectivity index (χ0v) is 13.0. The largest absolute Gasteiger partial charge is 0.496 e. The van der Waals surface area contributed by atoms with Gasteiger partial charge in [0.15, 0.2) is 5.17 Å². The molecular formula is C14H15ClF2N4O. The molecule has 5 nitrogen and oxygen atoms in total. The van der Waals surface area contributed by atoms with Crippen molar-refractivity contribution < 1.29 is 13.5 Å². The number of nitrogens with one attached hydrogen (secondary N) is 1. The van der Waals surface area contributed by atoms with Gasteiger partial charge in [0.05, 0.1) is 12.8 Å². The van der Waals surface area contributed by atoms with Crippen LogP contribution in [-0.2, 0) is 0 Å². The lowest BCUT2D eigenvalue weighted by Gasteiger charge is -2.12. The molecule has 2 aromatic rings. The number of hydrazone groups is 1. The maximum absolute atomic E-state index is 12.5. The number of methoxy groups -OCH3 is 1. The maximum atomic E-state index is 12.5. The van der Waals surface area contributed by atoms with Crippen molar-refractivity contribution >= 4 is 22.5 Å². The van der Waals surface area contributed by atoms with Gasteiger partial charge < -0.3 is 4.74 Å². The van der Waals surface area contributed by atoms with Gasteiger partial charge in [-0.2, -0.15) is 19.0 Å². The smallest absolute Gasteiger partial charge is 0.333 e. The number of hydrogen-bond acceptors (Lipinski definition) is 4. The number of aromatic nitrogens is 2. The van der Waals surface area contributed by atoms with Crippen molar-refractivity contribution in [3.05, 3.63) is 41.2 Å². The first-order valence-corrected chi connectivity index (χ1v) is 6.79. The molecule has 0 bridgehead atoms. The van der Waals surface area contributed by atoms with E-state index in [-0.39, 0.29) is 10.9 Å². The average Bonchev–Trinajstić information content (AvgIpc) is 2.97. The van der Waals surface area contributed by atoms with Crippen LogP contribution in [0.3, 0.4) is 0 Å². The normalized spacial score (nSPS) is 11.9. The number of halogens is 3. The van der Waals surface area contributed by atoms with Gasteiger partial charge in [0.2, 0.25) is 0 Å². The molecule has 1 heterocycles. The summed E-state index contributed by atoms with van der Waals surface area (Å²) in [7, 11) is 1.58. The van der Waals surface area contributed by atoms with Crippen LogP contribution in [0.2, 0.25) is 0 Å². The third kappa shape index (κ3) is 3.36. The molecule has 0 radical (unpaired) electrons. The van der Waals surface area contributed by atoms with Crippen molar-refractivity contribution in [2.24, 2.45) is 5.10 Å². The molecule has 0 unspecified atom stereocenters. The summed E-state index contributed by atoms with van der Waals surface area (Å²) in [5.41, 5.74) is 5.55. The molecule has 0 aliphatic carbocycles. The number of ether oxygens (including phenoxy) is 1. The predicted molar refractivity (Wildman–Crippen MR) is 82.0 cm³/mol. The van der Waals surface area contributed by atoms with Gasteiger partial charge >= 0.3 is 6.55 Å². The van der Waals surface area contributed by atoms with Crippen LogP contribution in [0, 0.1) is 13.8 Å².